The van der Waals surface area contributed by atoms with E-state index in [9.17, 15) is 5.11 Å². The molecule has 3 N–H and O–H groups in total. The van der Waals surface area contributed by atoms with Crippen molar-refractivity contribution in [3.8, 4) is 5.88 Å². The average molecular weight is 208 g/mol. The summed E-state index contributed by atoms with van der Waals surface area (Å²) in [5.74, 6) is 0.645. The molecule has 1 aromatic heterocycles. The van der Waals surface area contributed by atoms with E-state index < -0.39 is 0 Å². The highest BCUT2D eigenvalue weighted by molar-refractivity contribution is 5.90. The summed E-state index contributed by atoms with van der Waals surface area (Å²) in [7, 11) is 1.49. The van der Waals surface area contributed by atoms with Crippen LogP contribution in [0.4, 0.5) is 5.82 Å². The third-order valence-electron chi connectivity index (χ3n) is 1.46. The van der Waals surface area contributed by atoms with Crippen molar-refractivity contribution in [1.82, 2.24) is 9.97 Å². The molecule has 0 amide bonds. The lowest BCUT2D eigenvalue weighted by atomic mass is 10.4. The van der Waals surface area contributed by atoms with Gasteiger partial charge in [-0.15, -0.1) is 0 Å². The molecule has 0 fully saturated rings. The van der Waals surface area contributed by atoms with Crippen LogP contribution in [0.15, 0.2) is 24.4 Å². The van der Waals surface area contributed by atoms with Gasteiger partial charge in [0.25, 0.3) is 0 Å². The third-order valence-corrected chi connectivity index (χ3v) is 1.46. The number of ether oxygens (including phenoxy) is 1. The van der Waals surface area contributed by atoms with Crippen molar-refractivity contribution in [2.75, 3.05) is 12.4 Å². The molecule has 6 heteroatoms. The fourth-order valence-corrected chi connectivity index (χ4v) is 0.892. The Morgan fingerprint density at radius 1 is 1.60 bits per heavy atom. The summed E-state index contributed by atoms with van der Waals surface area (Å²) in [6.45, 7) is 1.55. The molecule has 0 bridgehead atoms. The topological polar surface area (TPSA) is 91.1 Å². The van der Waals surface area contributed by atoms with Crippen molar-refractivity contribution in [1.29, 1.82) is 5.41 Å². The van der Waals surface area contributed by atoms with Gasteiger partial charge in [0, 0.05) is 17.9 Å². The van der Waals surface area contributed by atoms with Gasteiger partial charge in [-0.3, -0.25) is 0 Å². The first-order valence-corrected chi connectivity index (χ1v) is 4.20. The van der Waals surface area contributed by atoms with Crippen LogP contribution >= 0.6 is 0 Å². The number of nitrogens with one attached hydrogen (secondary N) is 2. The first-order valence-electron chi connectivity index (χ1n) is 4.20. The molecular weight excluding hydrogens is 196 g/mol. The minimum atomic E-state index is -0.150. The van der Waals surface area contributed by atoms with Crippen molar-refractivity contribution < 1.29 is 9.84 Å². The first kappa shape index (κ1) is 11.0. The predicted octanol–water partition coefficient (Wildman–Crippen LogP) is 1.34. The minimum absolute atomic E-state index is 0.150. The summed E-state index contributed by atoms with van der Waals surface area (Å²) in [5.41, 5.74) is 0.237. The second-order valence-corrected chi connectivity index (χ2v) is 2.78. The summed E-state index contributed by atoms with van der Waals surface area (Å²) in [4.78, 5) is 7.67. The van der Waals surface area contributed by atoms with Crippen molar-refractivity contribution in [2.24, 2.45) is 0 Å². The van der Waals surface area contributed by atoms with E-state index in [1.807, 2.05) is 0 Å². The number of aliphatic hydroxyl groups is 1. The number of aromatic nitrogens is 2. The van der Waals surface area contributed by atoms with Gasteiger partial charge in [0.1, 0.15) is 12.1 Å². The molecule has 0 unspecified atom stereocenters. The number of anilines is 1. The van der Waals surface area contributed by atoms with Crippen LogP contribution in [0.5, 0.6) is 5.88 Å². The highest BCUT2D eigenvalue weighted by Crippen LogP contribution is 2.11. The smallest absolute Gasteiger partial charge is 0.218 e. The zero-order valence-electron chi connectivity index (χ0n) is 8.48. The van der Waals surface area contributed by atoms with Crippen LogP contribution < -0.4 is 10.1 Å². The van der Waals surface area contributed by atoms with E-state index in [2.05, 4.69) is 15.3 Å². The van der Waals surface area contributed by atoms with E-state index in [1.165, 1.54) is 25.6 Å². The fraction of sp³-hybridized carbons (Fsp3) is 0.222. The molecule has 80 valence electrons. The molecule has 0 saturated heterocycles. The van der Waals surface area contributed by atoms with Gasteiger partial charge in [-0.05, 0) is 6.92 Å². The molecule has 0 saturated carbocycles. The van der Waals surface area contributed by atoms with Gasteiger partial charge in [0.05, 0.1) is 7.11 Å². The van der Waals surface area contributed by atoms with Crippen molar-refractivity contribution in [3.05, 3.63) is 24.4 Å². The summed E-state index contributed by atoms with van der Waals surface area (Å²) < 4.78 is 4.88. The number of nitrogens with zero attached hydrogens (tertiary/aromatic N) is 2. The van der Waals surface area contributed by atoms with Crippen LogP contribution in [0.2, 0.25) is 0 Å². The zero-order chi connectivity index (χ0) is 11.3. The van der Waals surface area contributed by atoms with Gasteiger partial charge < -0.3 is 20.6 Å². The summed E-state index contributed by atoms with van der Waals surface area (Å²) in [6, 6.07) is 1.53. The molecule has 1 heterocycles. The number of hydrogen-bond acceptors (Lipinski definition) is 6. The molecule has 6 nitrogen and oxygen atoms in total. The number of aliphatic hydroxyl groups excluding tert-OH is 1. The highest BCUT2D eigenvalue weighted by atomic mass is 16.5. The largest absolute Gasteiger partial charge is 0.494 e. The van der Waals surface area contributed by atoms with E-state index in [1.54, 1.807) is 6.92 Å². The minimum Gasteiger partial charge on any atom is -0.494 e. The summed E-state index contributed by atoms with van der Waals surface area (Å²) in [6.07, 6.45) is 2.58. The molecular formula is C9H12N4O2. The number of methoxy groups -OCH3 is 1. The fourth-order valence-electron chi connectivity index (χ4n) is 0.892. The maximum absolute atomic E-state index is 9.34. The average Bonchev–Trinajstić information content (AvgIpc) is 2.16. The van der Waals surface area contributed by atoms with Gasteiger partial charge >= 0.3 is 0 Å². The second-order valence-electron chi connectivity index (χ2n) is 2.78. The maximum Gasteiger partial charge on any atom is 0.218 e. The molecule has 0 aliphatic heterocycles. The van der Waals surface area contributed by atoms with Crippen LogP contribution in [0, 0.1) is 5.41 Å². The van der Waals surface area contributed by atoms with Crippen LogP contribution in [0.1, 0.15) is 6.92 Å². The molecule has 1 aromatic rings. The second kappa shape index (κ2) is 4.94. The van der Waals surface area contributed by atoms with E-state index >= 15 is 0 Å². The normalized spacial score (nSPS) is 10.9. The Morgan fingerprint density at radius 3 is 2.93 bits per heavy atom. The van der Waals surface area contributed by atoms with E-state index in [-0.39, 0.29) is 11.6 Å². The Balaban J connectivity index is 2.76. The van der Waals surface area contributed by atoms with Gasteiger partial charge in [-0.2, -0.15) is 0 Å². The summed E-state index contributed by atoms with van der Waals surface area (Å²) >= 11 is 0. The Bertz CT molecular complexity index is 389. The molecule has 0 atom stereocenters. The van der Waals surface area contributed by atoms with Crippen molar-refractivity contribution in [3.63, 3.8) is 0 Å². The maximum atomic E-state index is 9.34. The zero-order valence-corrected chi connectivity index (χ0v) is 8.48. The van der Waals surface area contributed by atoms with Crippen LogP contribution in [-0.2, 0) is 0 Å². The predicted molar refractivity (Wildman–Crippen MR) is 56.3 cm³/mol. The SMILES string of the molecule is COc1cc(N/C(O)=C\C(C)=N)ncn1. The van der Waals surface area contributed by atoms with E-state index in [0.717, 1.165) is 0 Å². The number of rotatable bonds is 4. The Morgan fingerprint density at radius 2 is 2.33 bits per heavy atom. The third kappa shape index (κ3) is 3.63. The van der Waals surface area contributed by atoms with E-state index in [0.29, 0.717) is 11.7 Å². The Kier molecular flexibility index (Phi) is 3.61. The molecule has 15 heavy (non-hydrogen) atoms. The standard InChI is InChI=1S/C9H12N4O2/c1-6(10)3-8(14)13-7-4-9(15-2)12-5-11-7/h3-5,10,14H,1-2H3,(H,11,12,13)/b8-3+,10-6?. The van der Waals surface area contributed by atoms with Crippen LogP contribution in [-0.4, -0.2) is 27.9 Å². The Hall–Kier alpha value is -2.11. The lowest BCUT2D eigenvalue weighted by Crippen LogP contribution is -2.03. The van der Waals surface area contributed by atoms with Crippen LogP contribution in [0.25, 0.3) is 0 Å². The molecule has 0 aliphatic carbocycles. The van der Waals surface area contributed by atoms with Crippen molar-refractivity contribution >= 4 is 11.5 Å². The molecule has 0 aromatic carbocycles. The highest BCUT2D eigenvalue weighted by Gasteiger charge is 1.99. The quantitative estimate of drug-likeness (QED) is 0.513. The van der Waals surface area contributed by atoms with Gasteiger partial charge in [-0.1, -0.05) is 0 Å². The number of hydrogen-bond donors (Lipinski definition) is 3. The Labute approximate surface area is 87.1 Å². The van der Waals surface area contributed by atoms with Gasteiger partial charge in [-0.25, -0.2) is 9.97 Å². The van der Waals surface area contributed by atoms with Crippen LogP contribution in [0.3, 0.4) is 0 Å². The van der Waals surface area contributed by atoms with Crippen molar-refractivity contribution in [2.45, 2.75) is 6.92 Å². The number of allylic oxidation sites excluding steroid dienone is 1. The molecule has 0 aliphatic rings. The first-order chi connectivity index (χ1) is 7.11. The monoisotopic (exact) mass is 208 g/mol. The van der Waals surface area contributed by atoms with Gasteiger partial charge in [0.2, 0.25) is 5.88 Å². The lowest BCUT2D eigenvalue weighted by Gasteiger charge is -2.04. The summed E-state index contributed by atoms with van der Waals surface area (Å²) in [5, 5.41) is 19.1. The van der Waals surface area contributed by atoms with Gasteiger partial charge in [0.15, 0.2) is 5.88 Å². The molecule has 0 radical (unpaired) electrons. The molecule has 0 spiro atoms. The molecule has 1 rings (SSSR count). The lowest BCUT2D eigenvalue weighted by molar-refractivity contribution is 0.396. The van der Waals surface area contributed by atoms with E-state index in [4.69, 9.17) is 10.1 Å².